The fourth-order valence-corrected chi connectivity index (χ4v) is 2.36. The molecule has 2 aromatic rings. The van der Waals surface area contributed by atoms with Crippen LogP contribution in [-0.4, -0.2) is 0 Å². The monoisotopic (exact) mass is 262 g/mol. The second kappa shape index (κ2) is 6.38. The molecule has 20 heavy (non-hydrogen) atoms. The molecule has 0 saturated heterocycles. The Hall–Kier alpha value is -2.08. The molecule has 0 fully saturated rings. The largest absolute Gasteiger partial charge is 0.0984 e. The van der Waals surface area contributed by atoms with Crippen molar-refractivity contribution in [3.63, 3.8) is 0 Å². The molecule has 0 aromatic heterocycles. The summed E-state index contributed by atoms with van der Waals surface area (Å²) >= 11 is 0. The highest BCUT2D eigenvalue weighted by Crippen LogP contribution is 2.26. The van der Waals surface area contributed by atoms with Gasteiger partial charge in [-0.3, -0.25) is 0 Å². The second-order valence-electron chi connectivity index (χ2n) is 5.18. The van der Waals surface area contributed by atoms with Gasteiger partial charge in [-0.25, -0.2) is 0 Å². The van der Waals surface area contributed by atoms with Crippen LogP contribution in [0.5, 0.6) is 0 Å². The normalized spacial score (nSPS) is 11.9. The average Bonchev–Trinajstić information content (AvgIpc) is 2.53. The molecule has 1 atom stereocenters. The van der Waals surface area contributed by atoms with Gasteiger partial charge in [0.25, 0.3) is 0 Å². The summed E-state index contributed by atoms with van der Waals surface area (Å²) < 4.78 is 0. The van der Waals surface area contributed by atoms with Crippen molar-refractivity contribution in [3.05, 3.63) is 72.3 Å². The van der Waals surface area contributed by atoms with E-state index >= 15 is 0 Å². The lowest BCUT2D eigenvalue weighted by atomic mass is 9.94. The van der Waals surface area contributed by atoms with Crippen molar-refractivity contribution in [2.24, 2.45) is 0 Å². The van der Waals surface area contributed by atoms with Gasteiger partial charge in [-0.15, -0.1) is 0 Å². The summed E-state index contributed by atoms with van der Waals surface area (Å²) in [6, 6.07) is 15.3. The van der Waals surface area contributed by atoms with E-state index < -0.39 is 0 Å². The number of benzene rings is 2. The van der Waals surface area contributed by atoms with Gasteiger partial charge < -0.3 is 0 Å². The Balaban J connectivity index is 2.36. The van der Waals surface area contributed by atoms with Crippen LogP contribution < -0.4 is 0 Å². The predicted octanol–water partition coefficient (Wildman–Crippen LogP) is 6.15. The van der Waals surface area contributed by atoms with E-state index in [-0.39, 0.29) is 0 Å². The molecule has 0 aliphatic carbocycles. The zero-order valence-corrected chi connectivity index (χ0v) is 12.4. The van der Waals surface area contributed by atoms with E-state index in [2.05, 4.69) is 69.5 Å². The first-order chi connectivity index (χ1) is 9.69. The number of hydrogen-bond acceptors (Lipinski definition) is 0. The van der Waals surface area contributed by atoms with Gasteiger partial charge in [0.1, 0.15) is 0 Å². The van der Waals surface area contributed by atoms with E-state index in [1.54, 1.807) is 0 Å². The first-order valence-corrected chi connectivity index (χ1v) is 7.18. The summed E-state index contributed by atoms with van der Waals surface area (Å²) in [6.07, 6.45) is 4.93. The Labute approximate surface area is 122 Å². The van der Waals surface area contributed by atoms with Gasteiger partial charge >= 0.3 is 0 Å². The number of rotatable bonds is 5. The molecule has 0 bridgehead atoms. The van der Waals surface area contributed by atoms with Gasteiger partial charge in [0.2, 0.25) is 0 Å². The van der Waals surface area contributed by atoms with Crippen molar-refractivity contribution in [1.82, 2.24) is 0 Å². The van der Waals surface area contributed by atoms with Crippen molar-refractivity contribution >= 4 is 12.2 Å². The average molecular weight is 262 g/mol. The van der Waals surface area contributed by atoms with Crippen LogP contribution in [0.1, 0.15) is 42.9 Å². The lowest BCUT2D eigenvalue weighted by Crippen LogP contribution is -1.91. The Morgan fingerprint density at radius 1 is 0.900 bits per heavy atom. The zero-order chi connectivity index (χ0) is 14.5. The van der Waals surface area contributed by atoms with Gasteiger partial charge in [-0.05, 0) is 46.2 Å². The molecule has 0 aliphatic rings. The van der Waals surface area contributed by atoms with Crippen LogP contribution in [0, 0.1) is 0 Å². The van der Waals surface area contributed by atoms with Crippen molar-refractivity contribution in [1.29, 1.82) is 0 Å². The quantitative estimate of drug-likeness (QED) is 0.606. The van der Waals surface area contributed by atoms with Crippen LogP contribution in [0.25, 0.3) is 23.3 Å². The summed E-state index contributed by atoms with van der Waals surface area (Å²) in [7, 11) is 0. The third-order valence-corrected chi connectivity index (χ3v) is 3.95. The highest BCUT2D eigenvalue weighted by Gasteiger charge is 2.04. The summed E-state index contributed by atoms with van der Waals surface area (Å²) in [5, 5.41) is 0. The third-order valence-electron chi connectivity index (χ3n) is 3.95. The Kier molecular flexibility index (Phi) is 4.57. The smallest absolute Gasteiger partial charge is 0.0178 e. The van der Waals surface area contributed by atoms with Crippen molar-refractivity contribution in [2.45, 2.75) is 26.2 Å². The molecular formula is C20H22. The van der Waals surface area contributed by atoms with Crippen LogP contribution in [0.15, 0.2) is 55.6 Å². The van der Waals surface area contributed by atoms with Gasteiger partial charge in [0.05, 0.1) is 0 Å². The molecule has 0 spiro atoms. The molecule has 0 radical (unpaired) electrons. The van der Waals surface area contributed by atoms with E-state index in [0.717, 1.165) is 11.1 Å². The maximum absolute atomic E-state index is 3.87. The topological polar surface area (TPSA) is 0 Å². The van der Waals surface area contributed by atoms with Crippen LogP contribution in [0.2, 0.25) is 0 Å². The molecule has 0 aliphatic heterocycles. The second-order valence-corrected chi connectivity index (χ2v) is 5.18. The minimum Gasteiger partial charge on any atom is -0.0984 e. The summed E-state index contributed by atoms with van der Waals surface area (Å²) in [5.74, 6) is 0.621. The van der Waals surface area contributed by atoms with Gasteiger partial charge in [0, 0.05) is 0 Å². The predicted molar refractivity (Wildman–Crippen MR) is 90.8 cm³/mol. The summed E-state index contributed by atoms with van der Waals surface area (Å²) in [4.78, 5) is 0. The molecule has 0 N–H and O–H groups in total. The Bertz CT molecular complexity index is 602. The zero-order valence-electron chi connectivity index (χ0n) is 12.4. The van der Waals surface area contributed by atoms with E-state index in [9.17, 15) is 0 Å². The Morgan fingerprint density at radius 3 is 2.05 bits per heavy atom. The fourth-order valence-electron chi connectivity index (χ4n) is 2.36. The molecule has 1 unspecified atom stereocenters. The fraction of sp³-hybridized carbons (Fsp3) is 0.200. The van der Waals surface area contributed by atoms with Gasteiger partial charge in [0.15, 0.2) is 0 Å². The molecule has 2 aromatic carbocycles. The summed E-state index contributed by atoms with van der Waals surface area (Å²) in [5.41, 5.74) is 6.13. The SMILES string of the molecule is C=Cc1ccc(-c2ccc(C(C)CC)cc2)cc1C=C. The molecule has 2 rings (SSSR count). The van der Waals surface area contributed by atoms with Crippen molar-refractivity contribution < 1.29 is 0 Å². The third kappa shape index (κ3) is 2.91. The molecule has 0 heterocycles. The van der Waals surface area contributed by atoms with E-state index in [1.807, 2.05) is 12.2 Å². The van der Waals surface area contributed by atoms with Gasteiger partial charge in [-0.1, -0.05) is 75.6 Å². The van der Waals surface area contributed by atoms with E-state index in [4.69, 9.17) is 0 Å². The maximum Gasteiger partial charge on any atom is -0.0178 e. The standard InChI is InChI=1S/C20H22/c1-5-15(4)18-9-11-19(12-10-18)20-13-8-16(6-2)17(7-3)14-20/h6-15H,2-3,5H2,1,4H3. The molecular weight excluding hydrogens is 240 g/mol. The molecule has 0 saturated carbocycles. The summed E-state index contributed by atoms with van der Waals surface area (Å²) in [6.45, 7) is 12.2. The first-order valence-electron chi connectivity index (χ1n) is 7.18. The highest BCUT2D eigenvalue weighted by atomic mass is 14.1. The lowest BCUT2D eigenvalue weighted by Gasteiger charge is -2.11. The number of hydrogen-bond donors (Lipinski definition) is 0. The molecule has 102 valence electrons. The van der Waals surface area contributed by atoms with Crippen LogP contribution in [0.4, 0.5) is 0 Å². The van der Waals surface area contributed by atoms with E-state index in [0.29, 0.717) is 5.92 Å². The lowest BCUT2D eigenvalue weighted by molar-refractivity contribution is 0.734. The minimum absolute atomic E-state index is 0.621. The maximum atomic E-state index is 3.87. The van der Waals surface area contributed by atoms with Gasteiger partial charge in [-0.2, -0.15) is 0 Å². The minimum atomic E-state index is 0.621. The van der Waals surface area contributed by atoms with Crippen molar-refractivity contribution in [3.8, 4) is 11.1 Å². The first kappa shape index (κ1) is 14.3. The van der Waals surface area contributed by atoms with E-state index in [1.165, 1.54) is 23.1 Å². The van der Waals surface area contributed by atoms with Crippen LogP contribution in [-0.2, 0) is 0 Å². The van der Waals surface area contributed by atoms with Crippen molar-refractivity contribution in [2.75, 3.05) is 0 Å². The highest BCUT2D eigenvalue weighted by molar-refractivity contribution is 5.72. The molecule has 0 amide bonds. The van der Waals surface area contributed by atoms with Crippen LogP contribution >= 0.6 is 0 Å². The molecule has 0 heteroatoms. The Morgan fingerprint density at radius 2 is 1.50 bits per heavy atom. The molecule has 0 nitrogen and oxygen atoms in total. The van der Waals surface area contributed by atoms with Crippen LogP contribution in [0.3, 0.4) is 0 Å².